The van der Waals surface area contributed by atoms with Crippen molar-refractivity contribution in [3.63, 3.8) is 0 Å². The molecular weight excluding hydrogens is 552 g/mol. The van der Waals surface area contributed by atoms with E-state index in [1.165, 1.54) is 12.8 Å². The third-order valence-electron chi connectivity index (χ3n) is 8.63. The monoisotopic (exact) mass is 592 g/mol. The number of hydrogen-bond donors (Lipinski definition) is 0. The molecule has 2 fully saturated rings. The molecule has 230 valence electrons. The van der Waals surface area contributed by atoms with Crippen molar-refractivity contribution >= 4 is 0 Å². The summed E-state index contributed by atoms with van der Waals surface area (Å²) in [5, 5.41) is 0. The molecule has 0 unspecified atom stereocenters. The Kier molecular flexibility index (Phi) is 13.2. The first-order valence-electron chi connectivity index (χ1n) is 14.8. The average Bonchev–Trinajstić information content (AvgIpc) is 2.92. The van der Waals surface area contributed by atoms with Crippen LogP contribution in [-0.2, 0) is 6.42 Å². The van der Waals surface area contributed by atoms with E-state index in [0.29, 0.717) is 17.4 Å². The van der Waals surface area contributed by atoms with Crippen molar-refractivity contribution in [2.24, 2.45) is 17.8 Å². The number of hydrogen-bond acceptors (Lipinski definition) is 1. The van der Waals surface area contributed by atoms with Gasteiger partial charge in [0.1, 0.15) is 17.5 Å². The number of halogens is 8. The van der Waals surface area contributed by atoms with Gasteiger partial charge in [-0.15, -0.1) is 0 Å². The van der Waals surface area contributed by atoms with Crippen LogP contribution >= 0.6 is 0 Å². The lowest BCUT2D eigenvalue weighted by molar-refractivity contribution is -0.0547. The van der Waals surface area contributed by atoms with E-state index in [1.54, 1.807) is 12.1 Å². The van der Waals surface area contributed by atoms with Gasteiger partial charge in [0.2, 0.25) is 0 Å². The number of alkyl halides is 3. The summed E-state index contributed by atoms with van der Waals surface area (Å²) < 4.78 is 106. The first kappa shape index (κ1) is 33.2. The molecule has 0 spiro atoms. The van der Waals surface area contributed by atoms with Crippen LogP contribution in [0.5, 0.6) is 5.75 Å². The topological polar surface area (TPSA) is 9.23 Å². The van der Waals surface area contributed by atoms with Gasteiger partial charge in [-0.1, -0.05) is 32.6 Å². The molecule has 0 bridgehead atoms. The molecule has 0 N–H and O–H groups in total. The molecule has 2 aromatic rings. The predicted octanol–water partition coefficient (Wildman–Crippen LogP) is 10.8. The van der Waals surface area contributed by atoms with E-state index in [1.807, 2.05) is 0 Å². The number of unbranched alkanes of at least 4 members (excludes halogenated alkanes) is 2. The molecule has 0 aromatic heterocycles. The van der Waals surface area contributed by atoms with Crippen molar-refractivity contribution in [1.82, 2.24) is 0 Å². The van der Waals surface area contributed by atoms with Crippen molar-refractivity contribution < 1.29 is 39.9 Å². The Bertz CT molecular complexity index is 1030. The first-order valence-corrected chi connectivity index (χ1v) is 14.8. The predicted molar refractivity (Wildman–Crippen MR) is 143 cm³/mol. The Morgan fingerprint density at radius 2 is 1.27 bits per heavy atom. The molecule has 2 aliphatic rings. The summed E-state index contributed by atoms with van der Waals surface area (Å²) in [5.74, 6) is -4.10. The fraction of sp³-hybridized carbons (Fsp3) is 0.625. The van der Waals surface area contributed by atoms with Crippen LogP contribution in [0.15, 0.2) is 24.3 Å². The highest BCUT2D eigenvalue weighted by atomic mass is 19.3. The van der Waals surface area contributed by atoms with Gasteiger partial charge in [-0.05, 0) is 99.2 Å². The lowest BCUT2D eigenvalue weighted by atomic mass is 9.68. The van der Waals surface area contributed by atoms with E-state index in [9.17, 15) is 35.1 Å². The zero-order chi connectivity index (χ0) is 29.9. The number of rotatable bonds is 10. The van der Waals surface area contributed by atoms with Gasteiger partial charge >= 0.3 is 6.61 Å². The number of aryl methyl sites for hydroxylation is 1. The van der Waals surface area contributed by atoms with Crippen molar-refractivity contribution in [3.05, 3.63) is 64.5 Å². The van der Waals surface area contributed by atoms with E-state index in [0.717, 1.165) is 82.1 Å². The van der Waals surface area contributed by atoms with Gasteiger partial charge in [-0.2, -0.15) is 8.78 Å². The Hall–Kier alpha value is -2.32. The lowest BCUT2D eigenvalue weighted by Gasteiger charge is -2.38. The minimum absolute atomic E-state index is 0.0313. The van der Waals surface area contributed by atoms with Crippen LogP contribution in [0.4, 0.5) is 35.1 Å². The SMILES string of the molecule is CCCCCc1cc(F)c(C2CCC(C3CCC(CCF)CC3)CC2)c(F)c1.Fc1cc(F)c(OC(F)F)c(F)c1. The fourth-order valence-electron chi connectivity index (χ4n) is 6.46. The smallest absolute Gasteiger partial charge is 0.387 e. The standard InChI is InChI=1S/C25H37F3.C7H3F5O/c1-2-3-4-5-19-16-23(27)25(24(28)17-19)22-12-10-21(11-13-22)20-8-6-18(7-9-20)14-15-26;8-3-1-4(9)6(5(10)2-3)13-7(11)12/h16-18,20-22H,2-15H2,1H3;1-2,7H. The van der Waals surface area contributed by atoms with Crippen LogP contribution in [0.3, 0.4) is 0 Å². The Morgan fingerprint density at radius 1 is 0.732 bits per heavy atom. The van der Waals surface area contributed by atoms with Crippen LogP contribution in [0.25, 0.3) is 0 Å². The summed E-state index contributed by atoms with van der Waals surface area (Å²) in [6.45, 7) is -1.40. The minimum atomic E-state index is -3.35. The maximum atomic E-state index is 14.7. The minimum Gasteiger partial charge on any atom is -0.429 e. The maximum Gasteiger partial charge on any atom is 0.387 e. The van der Waals surface area contributed by atoms with Gasteiger partial charge in [0, 0.05) is 17.7 Å². The van der Waals surface area contributed by atoms with Crippen LogP contribution < -0.4 is 4.74 Å². The van der Waals surface area contributed by atoms with Crippen molar-refractivity contribution in [1.29, 1.82) is 0 Å². The van der Waals surface area contributed by atoms with Crippen LogP contribution in [0.1, 0.15) is 101 Å². The van der Waals surface area contributed by atoms with Gasteiger partial charge < -0.3 is 4.74 Å². The summed E-state index contributed by atoms with van der Waals surface area (Å²) >= 11 is 0. The Balaban J connectivity index is 0.000000298. The molecule has 4 rings (SSSR count). The molecule has 9 heteroatoms. The molecule has 2 aliphatic carbocycles. The van der Waals surface area contributed by atoms with Crippen molar-refractivity contribution in [2.45, 2.75) is 103 Å². The summed E-state index contributed by atoms with van der Waals surface area (Å²) in [7, 11) is 0. The molecule has 0 heterocycles. The third kappa shape index (κ3) is 9.88. The summed E-state index contributed by atoms with van der Waals surface area (Å²) in [6, 6.07) is 3.65. The highest BCUT2D eigenvalue weighted by Crippen LogP contribution is 2.45. The van der Waals surface area contributed by atoms with E-state index in [4.69, 9.17) is 0 Å². The fourth-order valence-corrected chi connectivity index (χ4v) is 6.46. The van der Waals surface area contributed by atoms with E-state index < -0.39 is 29.8 Å². The van der Waals surface area contributed by atoms with Crippen LogP contribution in [0.2, 0.25) is 0 Å². The zero-order valence-corrected chi connectivity index (χ0v) is 23.5. The van der Waals surface area contributed by atoms with Gasteiger partial charge in [-0.3, -0.25) is 4.39 Å². The zero-order valence-electron chi connectivity index (χ0n) is 23.5. The van der Waals surface area contributed by atoms with Crippen LogP contribution in [-0.4, -0.2) is 13.3 Å². The summed E-state index contributed by atoms with van der Waals surface area (Å²) in [5.41, 5.74) is 1.13. The number of benzene rings is 2. The molecule has 0 radical (unpaired) electrons. The normalized spacial score (nSPS) is 22.8. The quantitative estimate of drug-likeness (QED) is 0.197. The van der Waals surface area contributed by atoms with Crippen molar-refractivity contribution in [2.75, 3.05) is 6.67 Å². The summed E-state index contributed by atoms with van der Waals surface area (Å²) in [4.78, 5) is 0. The molecule has 2 aromatic carbocycles. The molecule has 0 amide bonds. The van der Waals surface area contributed by atoms with Gasteiger partial charge in [0.25, 0.3) is 0 Å². The maximum absolute atomic E-state index is 14.7. The van der Waals surface area contributed by atoms with E-state index >= 15 is 0 Å². The summed E-state index contributed by atoms with van der Waals surface area (Å²) in [6.07, 6.45) is 13.4. The Labute approximate surface area is 237 Å². The second kappa shape index (κ2) is 16.4. The largest absolute Gasteiger partial charge is 0.429 e. The third-order valence-corrected chi connectivity index (χ3v) is 8.63. The molecule has 41 heavy (non-hydrogen) atoms. The van der Waals surface area contributed by atoms with E-state index in [2.05, 4.69) is 11.7 Å². The van der Waals surface area contributed by atoms with Crippen LogP contribution in [0, 0.1) is 46.8 Å². The second-order valence-electron chi connectivity index (χ2n) is 11.4. The highest BCUT2D eigenvalue weighted by Gasteiger charge is 2.33. The average molecular weight is 593 g/mol. The van der Waals surface area contributed by atoms with Crippen molar-refractivity contribution in [3.8, 4) is 5.75 Å². The first-order chi connectivity index (χ1) is 19.6. The van der Waals surface area contributed by atoms with E-state index in [-0.39, 0.29) is 36.4 Å². The van der Waals surface area contributed by atoms with Gasteiger partial charge in [0.15, 0.2) is 17.4 Å². The highest BCUT2D eigenvalue weighted by molar-refractivity contribution is 5.30. The molecule has 2 saturated carbocycles. The van der Waals surface area contributed by atoms with Gasteiger partial charge in [0.05, 0.1) is 6.67 Å². The Morgan fingerprint density at radius 3 is 1.76 bits per heavy atom. The molecule has 1 nitrogen and oxygen atoms in total. The molecular formula is C32H40F8O. The lowest BCUT2D eigenvalue weighted by Crippen LogP contribution is -2.26. The molecule has 0 atom stereocenters. The molecule has 0 saturated heterocycles. The molecule has 0 aliphatic heterocycles. The van der Waals surface area contributed by atoms with Gasteiger partial charge in [-0.25, -0.2) is 22.0 Å². The second-order valence-corrected chi connectivity index (χ2v) is 11.4. The number of ether oxygens (including phenoxy) is 1.